The third-order valence-corrected chi connectivity index (χ3v) is 5.03. The summed E-state index contributed by atoms with van der Waals surface area (Å²) in [4.78, 5) is 24.8. The predicted molar refractivity (Wildman–Crippen MR) is 98.3 cm³/mol. The highest BCUT2D eigenvalue weighted by molar-refractivity contribution is 7.11. The summed E-state index contributed by atoms with van der Waals surface area (Å²) in [7, 11) is 0. The van der Waals surface area contributed by atoms with Crippen LogP contribution in [0.4, 0.5) is 4.39 Å². The van der Waals surface area contributed by atoms with Gasteiger partial charge in [0.05, 0.1) is 0 Å². The van der Waals surface area contributed by atoms with Crippen LogP contribution in [0.25, 0.3) is 0 Å². The molecule has 6 heteroatoms. The number of Topliss-reactive ketones (excluding diaryl/α,β-unsaturated/α-hetero) is 1. The van der Waals surface area contributed by atoms with Gasteiger partial charge < -0.3 is 9.30 Å². The lowest BCUT2D eigenvalue weighted by Gasteiger charge is -2.10. The number of ether oxygens (including phenoxy) is 1. The number of carbonyl (C=O) groups is 2. The molecule has 0 unspecified atom stereocenters. The van der Waals surface area contributed by atoms with Crippen molar-refractivity contribution < 1.29 is 18.7 Å². The van der Waals surface area contributed by atoms with E-state index in [2.05, 4.69) is 0 Å². The minimum Gasteiger partial charge on any atom is -0.453 e. The number of aryl methyl sites for hydroxylation is 1. The topological polar surface area (TPSA) is 48.3 Å². The van der Waals surface area contributed by atoms with Crippen LogP contribution in [-0.2, 0) is 11.3 Å². The summed E-state index contributed by atoms with van der Waals surface area (Å²) in [6, 6.07) is 11.5. The van der Waals surface area contributed by atoms with Crippen molar-refractivity contribution in [3.8, 4) is 0 Å². The van der Waals surface area contributed by atoms with Crippen LogP contribution in [0.3, 0.4) is 0 Å². The number of thiophene rings is 1. The molecule has 0 saturated carbocycles. The molecule has 3 aromatic rings. The number of aromatic nitrogens is 1. The van der Waals surface area contributed by atoms with E-state index in [1.807, 2.05) is 18.4 Å². The summed E-state index contributed by atoms with van der Waals surface area (Å²) in [5, 5.41) is 1.78. The Bertz CT molecular complexity index is 927. The monoisotopic (exact) mass is 371 g/mol. The fourth-order valence-electron chi connectivity index (χ4n) is 2.77. The molecular formula is C20H18FNO3S. The van der Waals surface area contributed by atoms with Gasteiger partial charge in [0.1, 0.15) is 10.7 Å². The third-order valence-electron chi connectivity index (χ3n) is 4.18. The molecule has 2 heterocycles. The predicted octanol–water partition coefficient (Wildman–Crippen LogP) is 4.39. The molecule has 0 bridgehead atoms. The van der Waals surface area contributed by atoms with Gasteiger partial charge in [-0.05, 0) is 49.1 Å². The number of rotatable bonds is 6. The van der Waals surface area contributed by atoms with E-state index < -0.39 is 5.97 Å². The normalized spacial score (nSPS) is 10.7. The van der Waals surface area contributed by atoms with Crippen LogP contribution in [0.15, 0.2) is 47.8 Å². The molecule has 0 atom stereocenters. The van der Waals surface area contributed by atoms with Gasteiger partial charge in [-0.25, -0.2) is 9.18 Å². The Morgan fingerprint density at radius 1 is 1.15 bits per heavy atom. The number of esters is 1. The number of benzene rings is 1. The quantitative estimate of drug-likeness (QED) is 0.477. The van der Waals surface area contributed by atoms with Crippen LogP contribution >= 0.6 is 11.3 Å². The van der Waals surface area contributed by atoms with Crippen molar-refractivity contribution in [2.24, 2.45) is 0 Å². The molecule has 134 valence electrons. The second kappa shape index (κ2) is 7.66. The first-order valence-corrected chi connectivity index (χ1v) is 8.98. The Morgan fingerprint density at radius 3 is 2.54 bits per heavy atom. The summed E-state index contributed by atoms with van der Waals surface area (Å²) < 4.78 is 20.2. The molecule has 1 aromatic carbocycles. The molecule has 0 aliphatic heterocycles. The molecule has 0 radical (unpaired) electrons. The Kier molecular flexibility index (Phi) is 5.32. The second-order valence-corrected chi connectivity index (χ2v) is 6.92. The largest absolute Gasteiger partial charge is 0.453 e. The highest BCUT2D eigenvalue weighted by atomic mass is 32.1. The lowest BCUT2D eigenvalue weighted by molar-refractivity contribution is 0.0479. The van der Waals surface area contributed by atoms with Crippen LogP contribution < -0.4 is 0 Å². The number of ketones is 1. The number of halogens is 1. The van der Waals surface area contributed by atoms with E-state index in [-0.39, 0.29) is 18.2 Å². The van der Waals surface area contributed by atoms with Gasteiger partial charge >= 0.3 is 5.97 Å². The number of hydrogen-bond donors (Lipinski definition) is 0. The van der Waals surface area contributed by atoms with Gasteiger partial charge in [0.25, 0.3) is 0 Å². The van der Waals surface area contributed by atoms with Crippen molar-refractivity contribution in [2.75, 3.05) is 6.61 Å². The summed E-state index contributed by atoms with van der Waals surface area (Å²) in [5.74, 6) is -1.01. The zero-order valence-corrected chi connectivity index (χ0v) is 15.3. The van der Waals surface area contributed by atoms with E-state index in [1.165, 1.54) is 23.5 Å². The number of carbonyl (C=O) groups excluding carboxylic acids is 2. The van der Waals surface area contributed by atoms with Gasteiger partial charge in [0, 0.05) is 23.5 Å². The first-order valence-electron chi connectivity index (χ1n) is 8.10. The molecule has 2 aromatic heterocycles. The van der Waals surface area contributed by atoms with Gasteiger partial charge in [-0.1, -0.05) is 18.2 Å². The molecule has 0 aliphatic carbocycles. The molecule has 4 nitrogen and oxygen atoms in total. The Labute approximate surface area is 154 Å². The highest BCUT2D eigenvalue weighted by Gasteiger charge is 2.18. The molecule has 0 spiro atoms. The van der Waals surface area contributed by atoms with Gasteiger partial charge in [0.2, 0.25) is 5.78 Å². The maximum atomic E-state index is 13.1. The fourth-order valence-corrected chi connectivity index (χ4v) is 3.39. The Balaban J connectivity index is 1.71. The van der Waals surface area contributed by atoms with Gasteiger partial charge in [-0.3, -0.25) is 4.79 Å². The van der Waals surface area contributed by atoms with Crippen LogP contribution in [-0.4, -0.2) is 22.9 Å². The minimum absolute atomic E-state index is 0.242. The van der Waals surface area contributed by atoms with E-state index in [9.17, 15) is 14.0 Å². The van der Waals surface area contributed by atoms with E-state index in [0.717, 1.165) is 17.0 Å². The van der Waals surface area contributed by atoms with Crippen molar-refractivity contribution in [3.05, 3.63) is 81.1 Å². The molecule has 0 saturated heterocycles. The Hall–Kier alpha value is -2.73. The summed E-state index contributed by atoms with van der Waals surface area (Å²) in [6.07, 6.45) is 0. The van der Waals surface area contributed by atoms with Crippen LogP contribution in [0.2, 0.25) is 0 Å². The van der Waals surface area contributed by atoms with Crippen molar-refractivity contribution in [1.82, 2.24) is 4.57 Å². The van der Waals surface area contributed by atoms with Gasteiger partial charge in [-0.15, -0.1) is 11.3 Å². The fraction of sp³-hybridized carbons (Fsp3) is 0.200. The molecule has 26 heavy (non-hydrogen) atoms. The van der Waals surface area contributed by atoms with E-state index >= 15 is 0 Å². The molecule has 0 N–H and O–H groups in total. The average molecular weight is 371 g/mol. The summed E-state index contributed by atoms with van der Waals surface area (Å²) in [6.45, 7) is 4.01. The first kappa shape index (κ1) is 18.1. The summed E-state index contributed by atoms with van der Waals surface area (Å²) in [5.41, 5.74) is 3.18. The lowest BCUT2D eigenvalue weighted by Crippen LogP contribution is -2.14. The molecule has 0 fully saturated rings. The number of nitrogens with zero attached hydrogens (tertiary/aromatic N) is 1. The molecule has 0 aliphatic rings. The van der Waals surface area contributed by atoms with Gasteiger partial charge in [-0.2, -0.15) is 0 Å². The van der Waals surface area contributed by atoms with Crippen LogP contribution in [0.5, 0.6) is 0 Å². The minimum atomic E-state index is -0.492. The van der Waals surface area contributed by atoms with E-state index in [4.69, 9.17) is 4.74 Å². The van der Waals surface area contributed by atoms with Crippen LogP contribution in [0.1, 0.15) is 37.0 Å². The number of hydrogen-bond acceptors (Lipinski definition) is 4. The smallest absolute Gasteiger partial charge is 0.348 e. The third kappa shape index (κ3) is 3.91. The van der Waals surface area contributed by atoms with Crippen LogP contribution in [0, 0.1) is 19.7 Å². The van der Waals surface area contributed by atoms with E-state index in [1.54, 1.807) is 35.7 Å². The zero-order chi connectivity index (χ0) is 18.7. The highest BCUT2D eigenvalue weighted by Crippen LogP contribution is 2.19. The lowest BCUT2D eigenvalue weighted by atomic mass is 10.1. The van der Waals surface area contributed by atoms with Crippen molar-refractivity contribution >= 4 is 23.1 Å². The first-order chi connectivity index (χ1) is 12.5. The van der Waals surface area contributed by atoms with Crippen molar-refractivity contribution in [2.45, 2.75) is 20.4 Å². The SMILES string of the molecule is Cc1cc(C(=O)COC(=O)c2cccs2)c(C)n1Cc1ccc(F)cc1. The van der Waals surface area contributed by atoms with Gasteiger partial charge in [0.15, 0.2) is 6.61 Å². The average Bonchev–Trinajstić information content (AvgIpc) is 3.25. The second-order valence-electron chi connectivity index (χ2n) is 5.97. The standard InChI is InChI=1S/C20H18FNO3S/c1-13-10-17(18(23)12-25-20(24)19-4-3-9-26-19)14(2)22(13)11-15-5-7-16(21)8-6-15/h3-10H,11-12H2,1-2H3. The Morgan fingerprint density at radius 2 is 1.88 bits per heavy atom. The van der Waals surface area contributed by atoms with Crippen molar-refractivity contribution in [3.63, 3.8) is 0 Å². The van der Waals surface area contributed by atoms with Crippen molar-refractivity contribution in [1.29, 1.82) is 0 Å². The van der Waals surface area contributed by atoms with E-state index in [0.29, 0.717) is 17.0 Å². The maximum Gasteiger partial charge on any atom is 0.348 e. The molecule has 3 rings (SSSR count). The maximum absolute atomic E-state index is 13.1. The summed E-state index contributed by atoms with van der Waals surface area (Å²) >= 11 is 1.27. The molecule has 0 amide bonds. The zero-order valence-electron chi connectivity index (χ0n) is 14.5. The molecular weight excluding hydrogens is 353 g/mol.